The standard InChI is InChI=1S/C27H32N2O4S/c1-3-5-6-10-21-33-25-17-13-22(14-18-25)27(30)28-23-15-19-26(20-16-23)34(31,32)29(4-2)24-11-8-7-9-12-24/h7-9,11-20H,3-6,10,21H2,1-2H3,(H,28,30). The molecule has 0 aliphatic rings. The number of benzene rings is 3. The van der Waals surface area contributed by atoms with E-state index in [0.29, 0.717) is 30.1 Å². The number of sulfonamides is 1. The minimum atomic E-state index is -3.71. The van der Waals surface area contributed by atoms with Crippen molar-refractivity contribution in [2.45, 2.75) is 44.4 Å². The second kappa shape index (κ2) is 12.2. The van der Waals surface area contributed by atoms with Crippen molar-refractivity contribution < 1.29 is 17.9 Å². The van der Waals surface area contributed by atoms with Crippen molar-refractivity contribution in [1.82, 2.24) is 0 Å². The number of carbonyl (C=O) groups excluding carboxylic acids is 1. The average molecular weight is 481 g/mol. The summed E-state index contributed by atoms with van der Waals surface area (Å²) in [6, 6.07) is 22.2. The van der Waals surface area contributed by atoms with Crippen molar-refractivity contribution >= 4 is 27.3 Å². The maximum absolute atomic E-state index is 13.1. The number of hydrogen-bond donors (Lipinski definition) is 1. The van der Waals surface area contributed by atoms with Gasteiger partial charge < -0.3 is 10.1 Å². The Hall–Kier alpha value is -3.32. The lowest BCUT2D eigenvalue weighted by molar-refractivity contribution is 0.102. The van der Waals surface area contributed by atoms with E-state index in [1.165, 1.54) is 29.3 Å². The first-order valence-electron chi connectivity index (χ1n) is 11.7. The molecular weight excluding hydrogens is 448 g/mol. The summed E-state index contributed by atoms with van der Waals surface area (Å²) >= 11 is 0. The van der Waals surface area contributed by atoms with Gasteiger partial charge in [0, 0.05) is 17.8 Å². The molecule has 0 aliphatic heterocycles. The minimum absolute atomic E-state index is 0.164. The highest BCUT2D eigenvalue weighted by molar-refractivity contribution is 7.92. The molecule has 0 radical (unpaired) electrons. The molecule has 0 saturated heterocycles. The second-order valence-electron chi connectivity index (χ2n) is 7.92. The molecule has 6 nitrogen and oxygen atoms in total. The Bertz CT molecular complexity index is 1150. The smallest absolute Gasteiger partial charge is 0.264 e. The predicted molar refractivity (Wildman–Crippen MR) is 137 cm³/mol. The predicted octanol–water partition coefficient (Wildman–Crippen LogP) is 6.11. The molecule has 3 rings (SSSR count). The number of nitrogens with zero attached hydrogens (tertiary/aromatic N) is 1. The van der Waals surface area contributed by atoms with Gasteiger partial charge in [0.1, 0.15) is 5.75 Å². The van der Waals surface area contributed by atoms with E-state index in [1.807, 2.05) is 6.07 Å². The SMILES string of the molecule is CCCCCCOc1ccc(C(=O)Nc2ccc(S(=O)(=O)N(CC)c3ccccc3)cc2)cc1. The van der Waals surface area contributed by atoms with Crippen LogP contribution in [0.3, 0.4) is 0 Å². The number of anilines is 2. The largest absolute Gasteiger partial charge is 0.494 e. The fourth-order valence-corrected chi connectivity index (χ4v) is 5.02. The summed E-state index contributed by atoms with van der Waals surface area (Å²) in [4.78, 5) is 12.8. The molecular formula is C27H32N2O4S. The van der Waals surface area contributed by atoms with Gasteiger partial charge in [-0.2, -0.15) is 0 Å². The molecule has 0 saturated carbocycles. The fourth-order valence-electron chi connectivity index (χ4n) is 3.55. The molecule has 0 aromatic heterocycles. The maximum Gasteiger partial charge on any atom is 0.264 e. The Labute approximate surface area is 202 Å². The first kappa shape index (κ1) is 25.3. The maximum atomic E-state index is 13.1. The quantitative estimate of drug-likeness (QED) is 0.317. The van der Waals surface area contributed by atoms with Gasteiger partial charge in [-0.25, -0.2) is 8.42 Å². The highest BCUT2D eigenvalue weighted by atomic mass is 32.2. The van der Waals surface area contributed by atoms with Crippen LogP contribution in [-0.2, 0) is 10.0 Å². The van der Waals surface area contributed by atoms with Crippen LogP contribution in [0.4, 0.5) is 11.4 Å². The third-order valence-corrected chi connectivity index (χ3v) is 7.33. The molecule has 1 N–H and O–H groups in total. The summed E-state index contributed by atoms with van der Waals surface area (Å²) in [5.74, 6) is 0.464. The summed E-state index contributed by atoms with van der Waals surface area (Å²) in [6.45, 7) is 4.94. The van der Waals surface area contributed by atoms with Gasteiger partial charge in [-0.3, -0.25) is 9.10 Å². The summed E-state index contributed by atoms with van der Waals surface area (Å²) in [5, 5.41) is 2.81. The van der Waals surface area contributed by atoms with Gasteiger partial charge in [-0.1, -0.05) is 44.4 Å². The molecule has 0 heterocycles. The van der Waals surface area contributed by atoms with Crippen LogP contribution < -0.4 is 14.4 Å². The Morgan fingerprint density at radius 3 is 2.15 bits per heavy atom. The summed E-state index contributed by atoms with van der Waals surface area (Å²) in [6.07, 6.45) is 4.56. The molecule has 0 unspecified atom stereocenters. The summed E-state index contributed by atoms with van der Waals surface area (Å²) < 4.78 is 33.3. The summed E-state index contributed by atoms with van der Waals surface area (Å²) in [5.41, 5.74) is 1.62. The molecule has 0 aliphatic carbocycles. The van der Waals surface area contributed by atoms with Crippen LogP contribution in [0, 0.1) is 0 Å². The van der Waals surface area contributed by atoms with Crippen molar-refractivity contribution in [3.05, 3.63) is 84.4 Å². The van der Waals surface area contributed by atoms with E-state index in [0.717, 1.165) is 18.6 Å². The fraction of sp³-hybridized carbons (Fsp3) is 0.296. The summed E-state index contributed by atoms with van der Waals surface area (Å²) in [7, 11) is -3.71. The van der Waals surface area contributed by atoms with Gasteiger partial charge in [0.2, 0.25) is 0 Å². The molecule has 1 amide bonds. The number of hydrogen-bond acceptors (Lipinski definition) is 4. The zero-order chi connectivity index (χ0) is 24.4. The number of para-hydroxylation sites is 1. The number of carbonyl (C=O) groups is 1. The topological polar surface area (TPSA) is 75.7 Å². The van der Waals surface area contributed by atoms with Gasteiger partial charge in [-0.05, 0) is 74.0 Å². The molecule has 0 bridgehead atoms. The zero-order valence-electron chi connectivity index (χ0n) is 19.7. The van der Waals surface area contributed by atoms with Gasteiger partial charge in [-0.15, -0.1) is 0 Å². The van der Waals surface area contributed by atoms with Crippen molar-refractivity contribution in [3.63, 3.8) is 0 Å². The lowest BCUT2D eigenvalue weighted by atomic mass is 10.2. The Morgan fingerprint density at radius 1 is 0.853 bits per heavy atom. The number of amides is 1. The van der Waals surface area contributed by atoms with E-state index in [9.17, 15) is 13.2 Å². The highest BCUT2D eigenvalue weighted by Crippen LogP contribution is 2.24. The van der Waals surface area contributed by atoms with Crippen LogP contribution in [0.5, 0.6) is 5.75 Å². The molecule has 0 atom stereocenters. The monoisotopic (exact) mass is 480 g/mol. The molecule has 0 fully saturated rings. The van der Waals surface area contributed by atoms with Crippen LogP contribution in [0.25, 0.3) is 0 Å². The van der Waals surface area contributed by atoms with E-state index in [2.05, 4.69) is 12.2 Å². The Balaban J connectivity index is 1.61. The van der Waals surface area contributed by atoms with Crippen molar-refractivity contribution in [2.75, 3.05) is 22.8 Å². The zero-order valence-corrected chi connectivity index (χ0v) is 20.6. The van der Waals surface area contributed by atoms with Crippen LogP contribution in [0.15, 0.2) is 83.8 Å². The molecule has 180 valence electrons. The second-order valence-corrected chi connectivity index (χ2v) is 9.78. The van der Waals surface area contributed by atoms with Crippen molar-refractivity contribution in [1.29, 1.82) is 0 Å². The first-order valence-corrected chi connectivity index (χ1v) is 13.1. The Morgan fingerprint density at radius 2 is 1.53 bits per heavy atom. The molecule has 3 aromatic rings. The number of ether oxygens (including phenoxy) is 1. The first-order chi connectivity index (χ1) is 16.5. The van der Waals surface area contributed by atoms with Crippen LogP contribution >= 0.6 is 0 Å². The minimum Gasteiger partial charge on any atom is -0.494 e. The Kier molecular flexibility index (Phi) is 9.10. The number of unbranched alkanes of at least 4 members (excludes halogenated alkanes) is 3. The molecule has 34 heavy (non-hydrogen) atoms. The van der Waals surface area contributed by atoms with Crippen molar-refractivity contribution in [3.8, 4) is 5.75 Å². The van der Waals surface area contributed by atoms with E-state index in [1.54, 1.807) is 67.6 Å². The normalized spacial score (nSPS) is 11.1. The lowest BCUT2D eigenvalue weighted by Crippen LogP contribution is -2.30. The van der Waals surface area contributed by atoms with Crippen molar-refractivity contribution in [2.24, 2.45) is 0 Å². The van der Waals surface area contributed by atoms with E-state index in [-0.39, 0.29) is 10.8 Å². The van der Waals surface area contributed by atoms with Crippen LogP contribution in [0.1, 0.15) is 49.9 Å². The van der Waals surface area contributed by atoms with Gasteiger partial charge in [0.15, 0.2) is 0 Å². The van der Waals surface area contributed by atoms with E-state index in [4.69, 9.17) is 4.74 Å². The highest BCUT2D eigenvalue weighted by Gasteiger charge is 2.23. The van der Waals surface area contributed by atoms with E-state index < -0.39 is 10.0 Å². The van der Waals surface area contributed by atoms with Crippen LogP contribution in [-0.4, -0.2) is 27.5 Å². The third-order valence-electron chi connectivity index (χ3n) is 5.41. The van der Waals surface area contributed by atoms with Gasteiger partial charge in [0.05, 0.1) is 17.2 Å². The van der Waals surface area contributed by atoms with Crippen LogP contribution in [0.2, 0.25) is 0 Å². The molecule has 7 heteroatoms. The average Bonchev–Trinajstić information content (AvgIpc) is 2.85. The number of nitrogens with one attached hydrogen (secondary N) is 1. The number of rotatable bonds is 12. The van der Waals surface area contributed by atoms with Gasteiger partial charge >= 0.3 is 0 Å². The molecule has 0 spiro atoms. The third kappa shape index (κ3) is 6.60. The molecule has 3 aromatic carbocycles. The van der Waals surface area contributed by atoms with E-state index >= 15 is 0 Å². The lowest BCUT2D eigenvalue weighted by Gasteiger charge is -2.23. The van der Waals surface area contributed by atoms with Gasteiger partial charge in [0.25, 0.3) is 15.9 Å².